The van der Waals surface area contributed by atoms with E-state index in [4.69, 9.17) is 4.74 Å². The maximum Gasteiger partial charge on any atom is 0.330 e. The average Bonchev–Trinajstić information content (AvgIpc) is 3.05. The Hall–Kier alpha value is -2.16. The fourth-order valence-electron chi connectivity index (χ4n) is 3.02. The zero-order valence-electron chi connectivity index (χ0n) is 13.4. The Morgan fingerprint density at radius 3 is 2.76 bits per heavy atom. The SMILES string of the molecule is C[C@@]12CCC(=O)N1[C@H](C(=O)OCC(=O)Nc1c(F)cccc1F)CS2. The minimum absolute atomic E-state index is 0.118. The van der Waals surface area contributed by atoms with Gasteiger partial charge in [-0.1, -0.05) is 6.07 Å². The number of fused-ring (bicyclic) bond motifs is 1. The quantitative estimate of drug-likeness (QED) is 0.820. The molecule has 0 aliphatic carbocycles. The third-order valence-corrected chi connectivity index (χ3v) is 5.79. The van der Waals surface area contributed by atoms with Gasteiger partial charge < -0.3 is 15.0 Å². The number of para-hydroxylation sites is 1. The van der Waals surface area contributed by atoms with E-state index in [9.17, 15) is 23.2 Å². The number of hydrogen-bond donors (Lipinski definition) is 1. The van der Waals surface area contributed by atoms with Gasteiger partial charge in [0.25, 0.3) is 5.91 Å². The van der Waals surface area contributed by atoms with E-state index >= 15 is 0 Å². The summed E-state index contributed by atoms with van der Waals surface area (Å²) in [5, 5.41) is 2.04. The van der Waals surface area contributed by atoms with E-state index in [1.165, 1.54) is 22.7 Å². The molecule has 1 aromatic rings. The topological polar surface area (TPSA) is 75.7 Å². The summed E-state index contributed by atoms with van der Waals surface area (Å²) in [4.78, 5) is 37.1. The van der Waals surface area contributed by atoms with E-state index in [2.05, 4.69) is 0 Å². The van der Waals surface area contributed by atoms with Crippen LogP contribution in [0.5, 0.6) is 0 Å². The largest absolute Gasteiger partial charge is 0.454 e. The van der Waals surface area contributed by atoms with Crippen LogP contribution in [0.2, 0.25) is 0 Å². The summed E-state index contributed by atoms with van der Waals surface area (Å²) in [6, 6.07) is 2.42. The molecule has 0 aromatic heterocycles. The molecular formula is C16H16F2N2O4S. The Morgan fingerprint density at radius 1 is 1.40 bits per heavy atom. The number of nitrogens with zero attached hydrogens (tertiary/aromatic N) is 1. The van der Waals surface area contributed by atoms with Crippen molar-refractivity contribution in [2.24, 2.45) is 0 Å². The second kappa shape index (κ2) is 6.62. The van der Waals surface area contributed by atoms with Crippen LogP contribution < -0.4 is 5.32 Å². The van der Waals surface area contributed by atoms with Gasteiger partial charge in [0.1, 0.15) is 23.4 Å². The van der Waals surface area contributed by atoms with Crippen molar-refractivity contribution in [3.63, 3.8) is 0 Å². The van der Waals surface area contributed by atoms with Crippen LogP contribution in [0.4, 0.5) is 14.5 Å². The number of esters is 1. The third-order valence-electron chi connectivity index (χ3n) is 4.29. The van der Waals surface area contributed by atoms with Gasteiger partial charge in [-0.05, 0) is 25.5 Å². The van der Waals surface area contributed by atoms with Gasteiger partial charge in [-0.15, -0.1) is 11.8 Å². The summed E-state index contributed by atoms with van der Waals surface area (Å²) in [5.74, 6) is -3.14. The van der Waals surface area contributed by atoms with Crippen molar-refractivity contribution in [1.82, 2.24) is 4.90 Å². The normalized spacial score (nSPS) is 25.0. The van der Waals surface area contributed by atoms with Crippen LogP contribution in [0.25, 0.3) is 0 Å². The number of carbonyl (C=O) groups excluding carboxylic acids is 3. The van der Waals surface area contributed by atoms with E-state index in [-0.39, 0.29) is 5.91 Å². The lowest BCUT2D eigenvalue weighted by molar-refractivity contribution is -0.155. The van der Waals surface area contributed by atoms with Crippen LogP contribution in [-0.4, -0.2) is 46.0 Å². The van der Waals surface area contributed by atoms with Crippen LogP contribution in [0.3, 0.4) is 0 Å². The highest BCUT2D eigenvalue weighted by molar-refractivity contribution is 8.01. The molecule has 134 valence electrons. The Labute approximate surface area is 146 Å². The molecule has 0 unspecified atom stereocenters. The minimum Gasteiger partial charge on any atom is -0.454 e. The first kappa shape index (κ1) is 17.7. The summed E-state index contributed by atoms with van der Waals surface area (Å²) in [6.07, 6.45) is 1.04. The van der Waals surface area contributed by atoms with Gasteiger partial charge >= 0.3 is 5.97 Å². The number of hydrogen-bond acceptors (Lipinski definition) is 5. The predicted molar refractivity (Wildman–Crippen MR) is 86.7 cm³/mol. The molecule has 2 saturated heterocycles. The van der Waals surface area contributed by atoms with Crippen molar-refractivity contribution in [3.05, 3.63) is 29.8 Å². The molecule has 6 nitrogen and oxygen atoms in total. The number of carbonyl (C=O) groups is 3. The molecule has 1 N–H and O–H groups in total. The molecule has 25 heavy (non-hydrogen) atoms. The molecule has 0 spiro atoms. The molecule has 2 amide bonds. The number of ether oxygens (including phenoxy) is 1. The number of thioether (sulfide) groups is 1. The predicted octanol–water partition coefficient (Wildman–Crippen LogP) is 1.90. The minimum atomic E-state index is -0.926. The second-order valence-corrected chi connectivity index (χ2v) is 7.52. The molecule has 2 aliphatic rings. The second-order valence-electron chi connectivity index (χ2n) is 6.02. The molecule has 9 heteroatoms. The number of nitrogens with one attached hydrogen (secondary N) is 1. The van der Waals surface area contributed by atoms with E-state index < -0.39 is 46.7 Å². The molecule has 2 fully saturated rings. The first-order valence-electron chi connectivity index (χ1n) is 7.68. The Kier molecular flexibility index (Phi) is 4.68. The van der Waals surface area contributed by atoms with Gasteiger partial charge in [0.2, 0.25) is 5.91 Å². The van der Waals surface area contributed by atoms with E-state index in [1.54, 1.807) is 0 Å². The monoisotopic (exact) mass is 370 g/mol. The van der Waals surface area contributed by atoms with Crippen LogP contribution in [-0.2, 0) is 19.1 Å². The molecule has 0 radical (unpaired) electrons. The van der Waals surface area contributed by atoms with Crippen LogP contribution >= 0.6 is 11.8 Å². The lowest BCUT2D eigenvalue weighted by atomic mass is 10.2. The molecule has 2 heterocycles. The maximum atomic E-state index is 13.5. The zero-order chi connectivity index (χ0) is 18.2. The summed E-state index contributed by atoms with van der Waals surface area (Å²) >= 11 is 1.50. The summed E-state index contributed by atoms with van der Waals surface area (Å²) < 4.78 is 31.9. The standard InChI is InChI=1S/C16H16F2N2O4S/c1-16-6-5-13(22)20(16)11(8-25-16)15(23)24-7-12(21)19-14-9(17)3-2-4-10(14)18/h2-4,11H,5-8H2,1H3,(H,19,21)/t11-,16+/m0/s1. The molecule has 1 aromatic carbocycles. The van der Waals surface area contributed by atoms with E-state index in [0.29, 0.717) is 18.6 Å². The first-order valence-corrected chi connectivity index (χ1v) is 8.67. The van der Waals surface area contributed by atoms with Gasteiger partial charge in [-0.25, -0.2) is 13.6 Å². The molecule has 2 atom stereocenters. The third kappa shape index (κ3) is 3.33. The van der Waals surface area contributed by atoms with Crippen LogP contribution in [0.15, 0.2) is 18.2 Å². The highest BCUT2D eigenvalue weighted by atomic mass is 32.2. The van der Waals surface area contributed by atoms with Crippen molar-refractivity contribution in [3.8, 4) is 0 Å². The smallest absolute Gasteiger partial charge is 0.330 e. The molecule has 0 saturated carbocycles. The molecule has 2 aliphatic heterocycles. The molecule has 0 bridgehead atoms. The van der Waals surface area contributed by atoms with Crippen molar-refractivity contribution >= 4 is 35.2 Å². The number of halogens is 2. The van der Waals surface area contributed by atoms with Gasteiger partial charge in [0, 0.05) is 12.2 Å². The summed E-state index contributed by atoms with van der Waals surface area (Å²) in [7, 11) is 0. The van der Waals surface area contributed by atoms with Crippen molar-refractivity contribution < 1.29 is 27.9 Å². The zero-order valence-corrected chi connectivity index (χ0v) is 14.2. The van der Waals surface area contributed by atoms with Crippen LogP contribution in [0, 0.1) is 11.6 Å². The Balaban J connectivity index is 1.58. The fourth-order valence-corrected chi connectivity index (χ4v) is 4.44. The number of anilines is 1. The maximum absolute atomic E-state index is 13.5. The lowest BCUT2D eigenvalue weighted by Crippen LogP contribution is -2.47. The molecular weight excluding hydrogens is 354 g/mol. The van der Waals surface area contributed by atoms with Crippen molar-refractivity contribution in [1.29, 1.82) is 0 Å². The summed E-state index contributed by atoms with van der Waals surface area (Å²) in [5.41, 5.74) is -0.595. The highest BCUT2D eigenvalue weighted by Crippen LogP contribution is 2.47. The van der Waals surface area contributed by atoms with Crippen molar-refractivity contribution in [2.75, 3.05) is 17.7 Å². The first-order chi connectivity index (χ1) is 11.8. The van der Waals surface area contributed by atoms with E-state index in [0.717, 1.165) is 12.1 Å². The van der Waals surface area contributed by atoms with Crippen LogP contribution in [0.1, 0.15) is 19.8 Å². The van der Waals surface area contributed by atoms with E-state index in [1.807, 2.05) is 12.2 Å². The number of rotatable bonds is 4. The number of benzene rings is 1. The fraction of sp³-hybridized carbons (Fsp3) is 0.438. The highest BCUT2D eigenvalue weighted by Gasteiger charge is 2.53. The Bertz CT molecular complexity index is 725. The molecule has 3 rings (SSSR count). The Morgan fingerprint density at radius 2 is 2.08 bits per heavy atom. The van der Waals surface area contributed by atoms with Crippen molar-refractivity contribution in [2.45, 2.75) is 30.7 Å². The lowest BCUT2D eigenvalue weighted by Gasteiger charge is -2.29. The average molecular weight is 370 g/mol. The number of amides is 2. The van der Waals surface area contributed by atoms with Gasteiger partial charge in [0.05, 0.1) is 4.87 Å². The van der Waals surface area contributed by atoms with Gasteiger partial charge in [-0.2, -0.15) is 0 Å². The summed E-state index contributed by atoms with van der Waals surface area (Å²) in [6.45, 7) is 1.20. The van der Waals surface area contributed by atoms with Gasteiger partial charge in [0.15, 0.2) is 6.61 Å². The van der Waals surface area contributed by atoms with Gasteiger partial charge in [-0.3, -0.25) is 9.59 Å².